The number of carbonyl (C=O) groups excluding carboxylic acids is 2. The molecule has 1 amide bonds. The minimum Gasteiger partial charge on any atom is -0.448 e. The lowest BCUT2D eigenvalue weighted by Crippen LogP contribution is -2.30. The number of aromatic nitrogens is 4. The summed E-state index contributed by atoms with van der Waals surface area (Å²) in [6.07, 6.45) is 1.77. The number of imidazole rings is 1. The van der Waals surface area contributed by atoms with Crippen molar-refractivity contribution < 1.29 is 14.3 Å². The number of ether oxygens (including phenoxy) is 1. The lowest BCUT2D eigenvalue weighted by atomic mass is 10.2. The van der Waals surface area contributed by atoms with Crippen molar-refractivity contribution in [1.82, 2.24) is 19.9 Å². The first kappa shape index (κ1) is 16.2. The molecule has 3 aromatic heterocycles. The van der Waals surface area contributed by atoms with Gasteiger partial charge in [-0.15, -0.1) is 11.3 Å². The molecule has 130 valence electrons. The lowest BCUT2D eigenvalue weighted by molar-refractivity contribution is -0.123. The van der Waals surface area contributed by atoms with Crippen LogP contribution in [-0.4, -0.2) is 37.9 Å². The highest BCUT2D eigenvalue weighted by atomic mass is 32.1. The van der Waals surface area contributed by atoms with Gasteiger partial charge < -0.3 is 15.0 Å². The van der Waals surface area contributed by atoms with Crippen molar-refractivity contribution in [2.75, 3.05) is 5.32 Å². The zero-order valence-electron chi connectivity index (χ0n) is 13.6. The maximum absolute atomic E-state index is 12.3. The van der Waals surface area contributed by atoms with E-state index in [1.165, 1.54) is 30.9 Å². The van der Waals surface area contributed by atoms with Crippen LogP contribution in [0.25, 0.3) is 21.3 Å². The summed E-state index contributed by atoms with van der Waals surface area (Å²) in [6.45, 7) is 1.51. The number of aromatic amines is 1. The van der Waals surface area contributed by atoms with E-state index in [1.807, 2.05) is 24.3 Å². The van der Waals surface area contributed by atoms with Crippen LogP contribution in [0.1, 0.15) is 16.6 Å². The Bertz CT molecular complexity index is 1090. The summed E-state index contributed by atoms with van der Waals surface area (Å²) in [4.78, 5) is 39.9. The van der Waals surface area contributed by atoms with Crippen LogP contribution >= 0.6 is 11.3 Å². The Morgan fingerprint density at radius 2 is 2.08 bits per heavy atom. The van der Waals surface area contributed by atoms with Gasteiger partial charge in [0.25, 0.3) is 5.91 Å². The molecule has 1 atom stereocenters. The Balaban J connectivity index is 1.46. The van der Waals surface area contributed by atoms with Crippen LogP contribution in [0, 0.1) is 0 Å². The third-order valence-corrected chi connectivity index (χ3v) is 4.84. The molecule has 9 heteroatoms. The molecule has 0 spiro atoms. The molecule has 0 unspecified atom stereocenters. The number of carbonyl (C=O) groups is 2. The van der Waals surface area contributed by atoms with E-state index in [9.17, 15) is 9.59 Å². The van der Waals surface area contributed by atoms with Crippen LogP contribution < -0.4 is 5.32 Å². The van der Waals surface area contributed by atoms with E-state index in [0.717, 1.165) is 10.1 Å². The van der Waals surface area contributed by atoms with E-state index in [1.54, 1.807) is 6.07 Å². The molecule has 4 rings (SSSR count). The van der Waals surface area contributed by atoms with Gasteiger partial charge in [0.15, 0.2) is 17.6 Å². The number of thiophene rings is 1. The number of hydrogen-bond acceptors (Lipinski definition) is 7. The van der Waals surface area contributed by atoms with Crippen LogP contribution in [0.15, 0.2) is 43.0 Å². The van der Waals surface area contributed by atoms with Gasteiger partial charge in [-0.3, -0.25) is 4.79 Å². The standard InChI is InChI=1S/C17H13N5O3S/c1-9(16(23)22-15-13-14(19-7-18-13)20-8-21-15)25-17(24)12-6-10-4-2-3-5-11(10)26-12/h2-9H,1H3,(H2,18,19,20,21,22,23)/t9-/m0/s1. The Kier molecular flexibility index (Phi) is 4.05. The van der Waals surface area contributed by atoms with Crippen molar-refractivity contribution in [3.05, 3.63) is 47.9 Å². The van der Waals surface area contributed by atoms with Gasteiger partial charge in [0, 0.05) is 4.70 Å². The monoisotopic (exact) mass is 367 g/mol. The van der Waals surface area contributed by atoms with Gasteiger partial charge in [-0.2, -0.15) is 0 Å². The first-order valence-corrected chi connectivity index (χ1v) is 8.58. The number of benzene rings is 1. The predicted molar refractivity (Wildman–Crippen MR) is 97.0 cm³/mol. The van der Waals surface area contributed by atoms with E-state index in [2.05, 4.69) is 25.3 Å². The van der Waals surface area contributed by atoms with Gasteiger partial charge in [0.2, 0.25) is 0 Å². The molecular formula is C17H13N5O3S. The number of anilines is 1. The van der Waals surface area contributed by atoms with E-state index in [-0.39, 0.29) is 5.82 Å². The first-order valence-electron chi connectivity index (χ1n) is 7.76. The molecule has 1 aromatic carbocycles. The normalized spacial score (nSPS) is 12.2. The molecular weight excluding hydrogens is 354 g/mol. The fourth-order valence-electron chi connectivity index (χ4n) is 2.43. The number of nitrogens with one attached hydrogen (secondary N) is 2. The highest BCUT2D eigenvalue weighted by molar-refractivity contribution is 7.20. The molecule has 0 aliphatic heterocycles. The molecule has 0 aliphatic carbocycles. The summed E-state index contributed by atoms with van der Waals surface area (Å²) in [5.74, 6) is -0.750. The Morgan fingerprint density at radius 3 is 2.92 bits per heavy atom. The maximum Gasteiger partial charge on any atom is 0.349 e. The second kappa shape index (κ2) is 6.52. The van der Waals surface area contributed by atoms with Crippen LogP contribution in [0.4, 0.5) is 5.82 Å². The smallest absolute Gasteiger partial charge is 0.349 e. The molecule has 26 heavy (non-hydrogen) atoms. The number of H-pyrrole nitrogens is 1. The summed E-state index contributed by atoms with van der Waals surface area (Å²) in [5.41, 5.74) is 0.939. The van der Waals surface area contributed by atoms with E-state index >= 15 is 0 Å². The SMILES string of the molecule is C[C@H](OC(=O)c1cc2ccccc2s1)C(=O)Nc1ncnc2nc[nH]c12. The highest BCUT2D eigenvalue weighted by Crippen LogP contribution is 2.26. The number of rotatable bonds is 4. The predicted octanol–water partition coefficient (Wildman–Crippen LogP) is 2.75. The Hall–Kier alpha value is -3.33. The van der Waals surface area contributed by atoms with Crippen molar-refractivity contribution >= 4 is 50.3 Å². The van der Waals surface area contributed by atoms with Crippen LogP contribution in [0.5, 0.6) is 0 Å². The summed E-state index contributed by atoms with van der Waals surface area (Å²) in [5, 5.41) is 3.58. The number of esters is 1. The second-order valence-electron chi connectivity index (χ2n) is 5.51. The van der Waals surface area contributed by atoms with Gasteiger partial charge in [0.05, 0.1) is 6.33 Å². The largest absolute Gasteiger partial charge is 0.448 e. The van der Waals surface area contributed by atoms with Crippen molar-refractivity contribution in [2.24, 2.45) is 0 Å². The number of amides is 1. The molecule has 0 saturated heterocycles. The zero-order valence-corrected chi connectivity index (χ0v) is 14.4. The quantitative estimate of drug-likeness (QED) is 0.537. The fraction of sp³-hybridized carbons (Fsp3) is 0.118. The Labute approximate surface area is 151 Å². The molecule has 0 saturated carbocycles. The highest BCUT2D eigenvalue weighted by Gasteiger charge is 2.21. The molecule has 2 N–H and O–H groups in total. The Morgan fingerprint density at radius 1 is 1.23 bits per heavy atom. The average Bonchev–Trinajstić information content (AvgIpc) is 3.28. The van der Waals surface area contributed by atoms with Crippen molar-refractivity contribution in [1.29, 1.82) is 0 Å². The van der Waals surface area contributed by atoms with Gasteiger partial charge >= 0.3 is 5.97 Å². The molecule has 4 aromatic rings. The molecule has 0 fully saturated rings. The second-order valence-corrected chi connectivity index (χ2v) is 6.59. The zero-order chi connectivity index (χ0) is 18.1. The summed E-state index contributed by atoms with van der Waals surface area (Å²) >= 11 is 1.33. The van der Waals surface area contributed by atoms with E-state index in [4.69, 9.17) is 4.74 Å². The lowest BCUT2D eigenvalue weighted by Gasteiger charge is -2.12. The van der Waals surface area contributed by atoms with Crippen LogP contribution in [0.2, 0.25) is 0 Å². The first-order chi connectivity index (χ1) is 12.6. The number of fused-ring (bicyclic) bond motifs is 2. The van der Waals surface area contributed by atoms with Crippen molar-refractivity contribution in [3.8, 4) is 0 Å². The fourth-order valence-corrected chi connectivity index (χ4v) is 3.38. The van der Waals surface area contributed by atoms with Crippen molar-refractivity contribution in [2.45, 2.75) is 13.0 Å². The van der Waals surface area contributed by atoms with E-state index < -0.39 is 18.0 Å². The van der Waals surface area contributed by atoms with Gasteiger partial charge in [0.1, 0.15) is 16.7 Å². The summed E-state index contributed by atoms with van der Waals surface area (Å²) in [6, 6.07) is 9.41. The molecule has 0 radical (unpaired) electrons. The van der Waals surface area contributed by atoms with E-state index in [0.29, 0.717) is 16.0 Å². The third-order valence-electron chi connectivity index (χ3n) is 3.74. The minimum absolute atomic E-state index is 0.280. The molecule has 3 heterocycles. The summed E-state index contributed by atoms with van der Waals surface area (Å²) < 4.78 is 6.27. The number of nitrogens with zero attached hydrogens (tertiary/aromatic N) is 3. The molecule has 0 bridgehead atoms. The average molecular weight is 367 g/mol. The topological polar surface area (TPSA) is 110 Å². The van der Waals surface area contributed by atoms with Crippen LogP contribution in [0.3, 0.4) is 0 Å². The third kappa shape index (κ3) is 3.00. The molecule has 8 nitrogen and oxygen atoms in total. The molecule has 0 aliphatic rings. The van der Waals surface area contributed by atoms with Gasteiger partial charge in [-0.05, 0) is 24.4 Å². The van der Waals surface area contributed by atoms with Gasteiger partial charge in [-0.1, -0.05) is 18.2 Å². The maximum atomic E-state index is 12.3. The minimum atomic E-state index is -0.986. The van der Waals surface area contributed by atoms with Crippen molar-refractivity contribution in [3.63, 3.8) is 0 Å². The van der Waals surface area contributed by atoms with Crippen LogP contribution in [-0.2, 0) is 9.53 Å². The summed E-state index contributed by atoms with van der Waals surface area (Å²) in [7, 11) is 0. The van der Waals surface area contributed by atoms with Gasteiger partial charge in [-0.25, -0.2) is 19.7 Å². The number of hydrogen-bond donors (Lipinski definition) is 2.